The van der Waals surface area contributed by atoms with Gasteiger partial charge in [-0.15, -0.1) is 22.7 Å². The Morgan fingerprint density at radius 2 is 1.35 bits per heavy atom. The predicted molar refractivity (Wildman–Crippen MR) is 236 cm³/mol. The number of nitrogens with zero attached hydrogens (tertiary/aromatic N) is 1. The lowest BCUT2D eigenvalue weighted by atomic mass is 10.1. The van der Waals surface area contributed by atoms with E-state index in [4.69, 9.17) is 13.8 Å². The van der Waals surface area contributed by atoms with Crippen molar-refractivity contribution in [1.29, 1.82) is 0 Å². The lowest BCUT2D eigenvalue weighted by Crippen LogP contribution is -2.10. The molecule has 10 heteroatoms. The fourth-order valence-corrected chi connectivity index (χ4v) is 9.19. The summed E-state index contributed by atoms with van der Waals surface area (Å²) in [6.07, 6.45) is 5.70. The number of anilines is 3. The maximum Gasteiger partial charge on any atom is 0.335 e. The zero-order valence-electron chi connectivity index (χ0n) is 30.9. The number of thiophene rings is 2. The van der Waals surface area contributed by atoms with Gasteiger partial charge in [0.25, 0.3) is 0 Å². The Morgan fingerprint density at radius 1 is 0.759 bits per heavy atom. The molecule has 0 bridgehead atoms. The normalized spacial score (nSPS) is 11.3. The Labute approximate surface area is 341 Å². The highest BCUT2D eigenvalue weighted by Crippen LogP contribution is 2.51. The molecule has 280 valence electrons. The van der Waals surface area contributed by atoms with Gasteiger partial charge in [0.15, 0.2) is 0 Å². The lowest BCUT2D eigenvalue weighted by molar-refractivity contribution is -0.140. The summed E-state index contributed by atoms with van der Waals surface area (Å²) in [5, 5.41) is 2.10. The summed E-state index contributed by atoms with van der Waals surface area (Å²) in [6.45, 7) is 6.58. The number of rotatable bonds is 15. The van der Waals surface area contributed by atoms with Gasteiger partial charge in [-0.2, -0.15) is 0 Å². The van der Waals surface area contributed by atoms with Crippen molar-refractivity contribution in [2.45, 2.75) is 39.8 Å². The molecule has 0 amide bonds. The van der Waals surface area contributed by atoms with E-state index >= 15 is 0 Å². The zero-order chi connectivity index (χ0) is 38.3. The second kappa shape index (κ2) is 20.7. The van der Waals surface area contributed by atoms with Crippen LogP contribution in [0.25, 0.3) is 22.6 Å². The number of carbonyl (C=O) groups excluding carboxylic acids is 1. The van der Waals surface area contributed by atoms with Gasteiger partial charge in [-0.25, -0.2) is 0 Å². The molecule has 0 fully saturated rings. The molecular formula is C44H45INO5PS2. The summed E-state index contributed by atoms with van der Waals surface area (Å²) in [5.74, 6) is -0.190. The summed E-state index contributed by atoms with van der Waals surface area (Å²) in [7, 11) is -1.53. The molecule has 0 radical (unpaired) electrons. The maximum absolute atomic E-state index is 12.2. The maximum atomic E-state index is 12.2. The molecule has 0 saturated carbocycles. The van der Waals surface area contributed by atoms with Crippen LogP contribution in [-0.4, -0.2) is 26.3 Å². The first-order valence-electron chi connectivity index (χ1n) is 17.8. The molecule has 2 heterocycles. The third-order valence-corrected chi connectivity index (χ3v) is 12.9. The number of methoxy groups -OCH3 is 1. The highest BCUT2D eigenvalue weighted by atomic mass is 127. The molecule has 0 unspecified atom stereocenters. The Kier molecular flexibility index (Phi) is 15.9. The molecular weight excluding hydrogens is 844 g/mol. The molecule has 0 aliphatic heterocycles. The summed E-state index contributed by atoms with van der Waals surface area (Å²) >= 11 is 5.78. The zero-order valence-corrected chi connectivity index (χ0v) is 35.6. The van der Waals surface area contributed by atoms with Gasteiger partial charge in [0.1, 0.15) is 0 Å². The van der Waals surface area contributed by atoms with E-state index in [2.05, 4.69) is 149 Å². The van der Waals surface area contributed by atoms with Crippen molar-refractivity contribution in [3.05, 3.63) is 157 Å². The van der Waals surface area contributed by atoms with Crippen LogP contribution >= 0.6 is 52.9 Å². The molecule has 6 nitrogen and oxygen atoms in total. The van der Waals surface area contributed by atoms with Crippen LogP contribution < -0.4 is 4.90 Å². The average Bonchev–Trinajstić information content (AvgIpc) is 3.88. The third-order valence-electron chi connectivity index (χ3n) is 8.26. The molecule has 0 saturated heterocycles. The number of carbonyl (C=O) groups is 1. The number of benzene rings is 4. The van der Waals surface area contributed by atoms with E-state index in [0.717, 1.165) is 37.3 Å². The van der Waals surface area contributed by atoms with Crippen molar-refractivity contribution < 1.29 is 23.1 Å². The minimum absolute atomic E-state index is 0.190. The van der Waals surface area contributed by atoms with Gasteiger partial charge in [0.05, 0.1) is 26.5 Å². The number of aryl methyl sites for hydroxylation is 2. The quantitative estimate of drug-likeness (QED) is 0.0581. The highest BCUT2D eigenvalue weighted by Gasteiger charge is 2.23. The standard InChI is InChI=1S/C33H29NO2S2.C11H16IO3P/c1-24-5-20-31(38-24)21-10-25-6-14-28(15-7-25)34(29-16-8-26(9-17-29)11-22-33(35)36-2)30-18-12-27(13-19-30)32-4-3-23-37-32;1-3-14-16(13,15-4-2)9-10-5-7-11(12)8-6-10/h3-10,12-21,23H,11,22H2,1-2H3;5-8H,3-4,9H2,1-2H3/b21-10+;. The fourth-order valence-electron chi connectivity index (χ4n) is 5.62. The Balaban J connectivity index is 0.000000294. The number of halogens is 1. The highest BCUT2D eigenvalue weighted by molar-refractivity contribution is 14.1. The number of hydrogen-bond acceptors (Lipinski definition) is 8. The summed E-state index contributed by atoms with van der Waals surface area (Å²) < 4.78 is 28.6. The monoisotopic (exact) mass is 889 g/mol. The number of esters is 1. The Morgan fingerprint density at radius 3 is 1.89 bits per heavy atom. The molecule has 4 aromatic carbocycles. The van der Waals surface area contributed by atoms with Gasteiger partial charge in [-0.3, -0.25) is 9.36 Å². The number of hydrogen-bond donors (Lipinski definition) is 0. The fraction of sp³-hybridized carbons (Fsp3) is 0.205. The third kappa shape index (κ3) is 12.3. The molecule has 0 N–H and O–H groups in total. The van der Waals surface area contributed by atoms with E-state index in [1.54, 1.807) is 22.7 Å². The molecule has 0 atom stereocenters. The first-order valence-corrected chi connectivity index (χ1v) is 22.3. The second-order valence-corrected chi connectivity index (χ2v) is 17.8. The summed E-state index contributed by atoms with van der Waals surface area (Å²) in [4.78, 5) is 17.7. The van der Waals surface area contributed by atoms with Crippen LogP contribution in [-0.2, 0) is 35.7 Å². The molecule has 54 heavy (non-hydrogen) atoms. The largest absolute Gasteiger partial charge is 0.469 e. The van der Waals surface area contributed by atoms with E-state index in [-0.39, 0.29) is 5.97 Å². The van der Waals surface area contributed by atoms with Gasteiger partial charge in [-0.05, 0) is 150 Å². The van der Waals surface area contributed by atoms with Crippen LogP contribution in [0.2, 0.25) is 0 Å². The van der Waals surface area contributed by atoms with Gasteiger partial charge in [-0.1, -0.05) is 60.7 Å². The van der Waals surface area contributed by atoms with Gasteiger partial charge >= 0.3 is 13.6 Å². The number of ether oxygens (including phenoxy) is 1. The Bertz CT molecular complexity index is 2100. The van der Waals surface area contributed by atoms with E-state index < -0.39 is 7.60 Å². The van der Waals surface area contributed by atoms with E-state index in [1.807, 2.05) is 38.1 Å². The minimum atomic E-state index is -2.96. The van der Waals surface area contributed by atoms with Crippen molar-refractivity contribution in [2.24, 2.45) is 0 Å². The van der Waals surface area contributed by atoms with Crippen LogP contribution in [0.1, 0.15) is 46.7 Å². The van der Waals surface area contributed by atoms with Crippen LogP contribution in [0.4, 0.5) is 17.1 Å². The average molecular weight is 890 g/mol. The van der Waals surface area contributed by atoms with Crippen molar-refractivity contribution in [2.75, 3.05) is 25.2 Å². The van der Waals surface area contributed by atoms with Gasteiger partial charge in [0, 0.05) is 41.7 Å². The SMILES string of the molecule is CCOP(=O)(Cc1ccc(I)cc1)OCC.COC(=O)CCc1ccc(N(c2ccc(/C=C/c3ccc(C)s3)cc2)c2ccc(-c3cccs3)cc2)cc1. The first-order chi connectivity index (χ1) is 26.2. The van der Waals surface area contributed by atoms with Crippen molar-refractivity contribution in [1.82, 2.24) is 0 Å². The van der Waals surface area contributed by atoms with Gasteiger partial charge < -0.3 is 18.7 Å². The van der Waals surface area contributed by atoms with Crippen LogP contribution in [0.5, 0.6) is 0 Å². The van der Waals surface area contributed by atoms with Crippen molar-refractivity contribution in [3.8, 4) is 10.4 Å². The molecule has 2 aromatic heterocycles. The van der Waals surface area contributed by atoms with Gasteiger partial charge in [0.2, 0.25) is 0 Å². The predicted octanol–water partition coefficient (Wildman–Crippen LogP) is 13.6. The van der Waals surface area contributed by atoms with E-state index in [0.29, 0.717) is 32.2 Å². The van der Waals surface area contributed by atoms with E-state index in [9.17, 15) is 9.36 Å². The molecule has 0 aliphatic carbocycles. The second-order valence-electron chi connectivity index (χ2n) is 12.2. The van der Waals surface area contributed by atoms with Crippen molar-refractivity contribution >= 4 is 88.0 Å². The summed E-state index contributed by atoms with van der Waals surface area (Å²) in [6, 6.07) is 42.2. The van der Waals surface area contributed by atoms with E-state index in [1.165, 1.54) is 27.3 Å². The smallest absolute Gasteiger partial charge is 0.335 e. The van der Waals surface area contributed by atoms with Crippen LogP contribution in [0, 0.1) is 10.5 Å². The topological polar surface area (TPSA) is 65.1 Å². The summed E-state index contributed by atoms with van der Waals surface area (Å²) in [5.41, 5.74) is 7.69. The van der Waals surface area contributed by atoms with Crippen LogP contribution in [0.15, 0.2) is 127 Å². The van der Waals surface area contributed by atoms with Crippen molar-refractivity contribution in [3.63, 3.8) is 0 Å². The Hall–Kier alpha value is -3.83. The molecule has 0 spiro atoms. The minimum Gasteiger partial charge on any atom is -0.469 e. The van der Waals surface area contributed by atoms with Crippen LogP contribution in [0.3, 0.4) is 0 Å². The molecule has 0 aliphatic rings. The first kappa shape index (κ1) is 41.3. The molecule has 6 aromatic rings. The lowest BCUT2D eigenvalue weighted by Gasteiger charge is -2.26. The molecule has 6 rings (SSSR count).